The van der Waals surface area contributed by atoms with E-state index in [4.69, 9.17) is 4.74 Å². The van der Waals surface area contributed by atoms with Crippen molar-refractivity contribution in [3.05, 3.63) is 0 Å². The summed E-state index contributed by atoms with van der Waals surface area (Å²) in [5.41, 5.74) is 0.361. The lowest BCUT2D eigenvalue weighted by Gasteiger charge is -2.44. The van der Waals surface area contributed by atoms with Gasteiger partial charge in [-0.2, -0.15) is 0 Å². The smallest absolute Gasteiger partial charge is 0.0613 e. The van der Waals surface area contributed by atoms with Gasteiger partial charge in [0.25, 0.3) is 0 Å². The third-order valence-electron chi connectivity index (χ3n) is 5.05. The molecule has 0 aromatic heterocycles. The van der Waals surface area contributed by atoms with Crippen molar-refractivity contribution in [3.63, 3.8) is 0 Å². The molecule has 2 fully saturated rings. The van der Waals surface area contributed by atoms with Crippen molar-refractivity contribution in [1.29, 1.82) is 0 Å². The van der Waals surface area contributed by atoms with Gasteiger partial charge in [-0.3, -0.25) is 4.90 Å². The van der Waals surface area contributed by atoms with E-state index in [-0.39, 0.29) is 0 Å². The zero-order valence-electron chi connectivity index (χ0n) is 12.4. The Morgan fingerprint density at radius 3 is 2.72 bits per heavy atom. The standard InChI is InChI=1S/C15H30N2O/c1-4-14-13(7-10-18-14)11-17-9-8-16-15(5-2,6-3)12-17/h13-14,16H,4-12H2,1-3H3. The molecule has 0 spiro atoms. The van der Waals surface area contributed by atoms with Gasteiger partial charge in [-0.15, -0.1) is 0 Å². The molecule has 2 unspecified atom stereocenters. The van der Waals surface area contributed by atoms with Gasteiger partial charge >= 0.3 is 0 Å². The topological polar surface area (TPSA) is 24.5 Å². The minimum absolute atomic E-state index is 0.361. The lowest BCUT2D eigenvalue weighted by molar-refractivity contribution is 0.0591. The summed E-state index contributed by atoms with van der Waals surface area (Å²) >= 11 is 0. The normalized spacial score (nSPS) is 32.8. The SMILES string of the molecule is CCC1OCCC1CN1CCNC(CC)(CC)C1. The molecule has 2 aliphatic rings. The highest BCUT2D eigenvalue weighted by molar-refractivity contribution is 4.93. The van der Waals surface area contributed by atoms with E-state index >= 15 is 0 Å². The zero-order valence-corrected chi connectivity index (χ0v) is 12.4. The second-order valence-corrected chi connectivity index (χ2v) is 6.02. The second kappa shape index (κ2) is 6.36. The van der Waals surface area contributed by atoms with Crippen LogP contribution in [0.15, 0.2) is 0 Å². The molecule has 1 N–H and O–H groups in total. The molecule has 2 heterocycles. The molecule has 106 valence electrons. The van der Waals surface area contributed by atoms with Crippen molar-refractivity contribution in [2.24, 2.45) is 5.92 Å². The molecular formula is C15H30N2O. The Bertz CT molecular complexity index is 253. The molecule has 0 aliphatic carbocycles. The van der Waals surface area contributed by atoms with E-state index in [0.29, 0.717) is 11.6 Å². The van der Waals surface area contributed by atoms with E-state index in [2.05, 4.69) is 31.0 Å². The first kappa shape index (κ1) is 14.3. The van der Waals surface area contributed by atoms with Gasteiger partial charge in [0.15, 0.2) is 0 Å². The van der Waals surface area contributed by atoms with E-state index in [1.165, 1.54) is 45.3 Å². The first-order valence-corrected chi connectivity index (χ1v) is 7.82. The van der Waals surface area contributed by atoms with Gasteiger partial charge in [0, 0.05) is 38.3 Å². The maximum atomic E-state index is 5.82. The van der Waals surface area contributed by atoms with Crippen LogP contribution in [-0.4, -0.2) is 49.3 Å². The van der Waals surface area contributed by atoms with Crippen LogP contribution in [0.1, 0.15) is 46.5 Å². The van der Waals surface area contributed by atoms with Gasteiger partial charge in [-0.05, 0) is 31.6 Å². The summed E-state index contributed by atoms with van der Waals surface area (Å²) in [4.78, 5) is 2.67. The van der Waals surface area contributed by atoms with Crippen LogP contribution in [0.4, 0.5) is 0 Å². The van der Waals surface area contributed by atoms with E-state index < -0.39 is 0 Å². The Hall–Kier alpha value is -0.120. The molecule has 0 bridgehead atoms. The van der Waals surface area contributed by atoms with Crippen LogP contribution >= 0.6 is 0 Å². The Balaban J connectivity index is 1.89. The number of ether oxygens (including phenoxy) is 1. The lowest BCUT2D eigenvalue weighted by Crippen LogP contribution is -2.60. The third kappa shape index (κ3) is 3.06. The van der Waals surface area contributed by atoms with Crippen molar-refractivity contribution < 1.29 is 4.74 Å². The van der Waals surface area contributed by atoms with E-state index in [9.17, 15) is 0 Å². The zero-order chi connectivity index (χ0) is 13.0. The van der Waals surface area contributed by atoms with Gasteiger partial charge in [0.1, 0.15) is 0 Å². The largest absolute Gasteiger partial charge is 0.378 e. The number of rotatable bonds is 5. The minimum Gasteiger partial charge on any atom is -0.378 e. The highest BCUT2D eigenvalue weighted by Gasteiger charge is 2.35. The number of hydrogen-bond donors (Lipinski definition) is 1. The highest BCUT2D eigenvalue weighted by Crippen LogP contribution is 2.26. The summed E-state index contributed by atoms with van der Waals surface area (Å²) in [7, 11) is 0. The molecule has 2 saturated heterocycles. The molecule has 2 rings (SSSR count). The van der Waals surface area contributed by atoms with Gasteiger partial charge in [0.05, 0.1) is 6.10 Å². The molecule has 3 nitrogen and oxygen atoms in total. The molecule has 2 atom stereocenters. The molecule has 2 aliphatic heterocycles. The summed E-state index contributed by atoms with van der Waals surface area (Å²) in [6.07, 6.45) is 5.41. The maximum absolute atomic E-state index is 5.82. The molecule has 0 amide bonds. The Labute approximate surface area is 112 Å². The Morgan fingerprint density at radius 1 is 1.28 bits per heavy atom. The van der Waals surface area contributed by atoms with Gasteiger partial charge in [-0.1, -0.05) is 20.8 Å². The van der Waals surface area contributed by atoms with Crippen molar-refractivity contribution in [2.45, 2.75) is 58.1 Å². The van der Waals surface area contributed by atoms with Crippen LogP contribution in [0.5, 0.6) is 0 Å². The van der Waals surface area contributed by atoms with Crippen LogP contribution in [0.2, 0.25) is 0 Å². The van der Waals surface area contributed by atoms with Crippen molar-refractivity contribution in [3.8, 4) is 0 Å². The van der Waals surface area contributed by atoms with Gasteiger partial charge in [0.2, 0.25) is 0 Å². The predicted octanol–water partition coefficient (Wildman–Crippen LogP) is 2.27. The first-order chi connectivity index (χ1) is 8.73. The number of nitrogens with one attached hydrogen (secondary N) is 1. The van der Waals surface area contributed by atoms with Crippen LogP contribution in [-0.2, 0) is 4.74 Å². The fraction of sp³-hybridized carbons (Fsp3) is 1.00. The quantitative estimate of drug-likeness (QED) is 0.814. The van der Waals surface area contributed by atoms with E-state index in [1.54, 1.807) is 0 Å². The molecule has 0 radical (unpaired) electrons. The second-order valence-electron chi connectivity index (χ2n) is 6.02. The van der Waals surface area contributed by atoms with Crippen molar-refractivity contribution >= 4 is 0 Å². The molecule has 0 aromatic rings. The number of hydrogen-bond acceptors (Lipinski definition) is 3. The van der Waals surface area contributed by atoms with Crippen molar-refractivity contribution in [1.82, 2.24) is 10.2 Å². The summed E-state index contributed by atoms with van der Waals surface area (Å²) in [6, 6.07) is 0. The van der Waals surface area contributed by atoms with E-state index in [1.807, 2.05) is 0 Å². The monoisotopic (exact) mass is 254 g/mol. The fourth-order valence-electron chi connectivity index (χ4n) is 3.61. The molecule has 18 heavy (non-hydrogen) atoms. The summed E-state index contributed by atoms with van der Waals surface area (Å²) < 4.78 is 5.82. The molecule has 0 saturated carbocycles. The average Bonchev–Trinajstić information content (AvgIpc) is 2.86. The minimum atomic E-state index is 0.361. The predicted molar refractivity (Wildman–Crippen MR) is 75.9 cm³/mol. The molecular weight excluding hydrogens is 224 g/mol. The van der Waals surface area contributed by atoms with Gasteiger partial charge in [-0.25, -0.2) is 0 Å². The fourth-order valence-corrected chi connectivity index (χ4v) is 3.61. The summed E-state index contributed by atoms with van der Waals surface area (Å²) in [6.45, 7) is 12.7. The average molecular weight is 254 g/mol. The lowest BCUT2D eigenvalue weighted by atomic mass is 9.89. The molecule has 0 aromatic carbocycles. The maximum Gasteiger partial charge on any atom is 0.0613 e. The summed E-state index contributed by atoms with van der Waals surface area (Å²) in [5.74, 6) is 0.763. The van der Waals surface area contributed by atoms with Crippen LogP contribution in [0.3, 0.4) is 0 Å². The van der Waals surface area contributed by atoms with Crippen LogP contribution in [0.25, 0.3) is 0 Å². The van der Waals surface area contributed by atoms with Crippen molar-refractivity contribution in [2.75, 3.05) is 32.8 Å². The Kier molecular flexibility index (Phi) is 5.05. The van der Waals surface area contributed by atoms with E-state index in [0.717, 1.165) is 19.1 Å². The van der Waals surface area contributed by atoms with Crippen LogP contribution < -0.4 is 5.32 Å². The van der Waals surface area contributed by atoms with Gasteiger partial charge < -0.3 is 10.1 Å². The number of nitrogens with zero attached hydrogens (tertiary/aromatic N) is 1. The first-order valence-electron chi connectivity index (χ1n) is 7.82. The Morgan fingerprint density at radius 2 is 2.06 bits per heavy atom. The van der Waals surface area contributed by atoms with Crippen LogP contribution in [0, 0.1) is 5.92 Å². The number of piperazine rings is 1. The molecule has 3 heteroatoms. The third-order valence-corrected chi connectivity index (χ3v) is 5.05. The highest BCUT2D eigenvalue weighted by atomic mass is 16.5. The summed E-state index contributed by atoms with van der Waals surface area (Å²) in [5, 5.41) is 3.74.